The summed E-state index contributed by atoms with van der Waals surface area (Å²) in [4.78, 5) is 1.02. The van der Waals surface area contributed by atoms with Crippen LogP contribution in [0.3, 0.4) is 0 Å². The minimum absolute atomic E-state index is 0. The van der Waals surface area contributed by atoms with E-state index < -0.39 is 0 Å². The molecule has 4 heteroatoms. The van der Waals surface area contributed by atoms with Crippen LogP contribution in [0.15, 0.2) is 29.2 Å². The Hall–Kier alpha value is -0.220. The zero-order valence-corrected chi connectivity index (χ0v) is 7.88. The van der Waals surface area contributed by atoms with E-state index in [1.165, 1.54) is 5.56 Å². The van der Waals surface area contributed by atoms with Gasteiger partial charge in [0.15, 0.2) is 0 Å². The van der Waals surface area contributed by atoms with Crippen molar-refractivity contribution in [2.45, 2.75) is 11.8 Å². The second-order valence-electron chi connectivity index (χ2n) is 1.84. The molecule has 0 aliphatic carbocycles. The highest BCUT2D eigenvalue weighted by Crippen LogP contribution is 2.05. The number of hydrogen-bond acceptors (Lipinski definition) is 1. The predicted octanol–water partition coefficient (Wildman–Crippen LogP) is 1.06. The summed E-state index contributed by atoms with van der Waals surface area (Å²) in [5.41, 5.74) is 1.28. The summed E-state index contributed by atoms with van der Waals surface area (Å²) in [5, 5.41) is 0. The fraction of sp³-hybridized carbons (Fsp3) is 0.143. The first kappa shape index (κ1) is 17.0. The number of rotatable bonds is 0. The topological polar surface area (TPSA) is 63.0 Å². The van der Waals surface area contributed by atoms with E-state index in [4.69, 9.17) is 0 Å². The van der Waals surface area contributed by atoms with Gasteiger partial charge >= 0.3 is 0 Å². The van der Waals surface area contributed by atoms with Gasteiger partial charge in [0, 0.05) is 4.90 Å². The van der Waals surface area contributed by atoms with Crippen LogP contribution in [0.1, 0.15) is 5.56 Å². The molecule has 66 valence electrons. The van der Waals surface area contributed by atoms with Crippen molar-refractivity contribution in [1.29, 1.82) is 0 Å². The zero-order chi connectivity index (χ0) is 5.98. The molecule has 11 heavy (non-hydrogen) atoms. The lowest BCUT2D eigenvalue weighted by molar-refractivity contribution is 0.823. The Morgan fingerprint density at radius 1 is 1.00 bits per heavy atom. The molecule has 0 saturated heterocycles. The van der Waals surface area contributed by atoms with Crippen molar-refractivity contribution < 1.29 is 11.0 Å². The number of aryl methyl sites for hydroxylation is 1. The minimum Gasteiger partial charge on any atom is -0.412 e. The second kappa shape index (κ2) is 7.88. The maximum absolute atomic E-state index is 4.13. The summed E-state index contributed by atoms with van der Waals surface area (Å²) >= 11 is 4.13. The summed E-state index contributed by atoms with van der Waals surface area (Å²) in [5.74, 6) is 0. The van der Waals surface area contributed by atoms with Gasteiger partial charge in [-0.3, -0.25) is 0 Å². The molecular formula is C7H13ClO2S. The molecule has 0 aliphatic heterocycles. The lowest BCUT2D eigenvalue weighted by atomic mass is 10.2. The zero-order valence-electron chi connectivity index (χ0n) is 6.16. The number of thiol groups is 1. The lowest BCUT2D eigenvalue weighted by Gasteiger charge is -1.89. The molecule has 0 fully saturated rings. The normalized spacial score (nSPS) is 6.73. The molecule has 1 rings (SSSR count). The van der Waals surface area contributed by atoms with Gasteiger partial charge in [-0.1, -0.05) is 17.7 Å². The second-order valence-corrected chi connectivity index (χ2v) is 2.35. The van der Waals surface area contributed by atoms with Crippen LogP contribution in [0.25, 0.3) is 0 Å². The van der Waals surface area contributed by atoms with Crippen molar-refractivity contribution in [2.24, 2.45) is 0 Å². The molecule has 0 spiro atoms. The molecule has 2 nitrogen and oxygen atoms in total. The van der Waals surface area contributed by atoms with Crippen LogP contribution in [-0.2, 0) is 0 Å². The molecule has 0 unspecified atom stereocenters. The summed E-state index contributed by atoms with van der Waals surface area (Å²) in [7, 11) is 0. The molecule has 4 N–H and O–H groups in total. The Labute approximate surface area is 78.1 Å². The van der Waals surface area contributed by atoms with E-state index >= 15 is 0 Å². The van der Waals surface area contributed by atoms with Gasteiger partial charge in [0.25, 0.3) is 0 Å². The maximum Gasteiger partial charge on any atom is 0.00401 e. The van der Waals surface area contributed by atoms with E-state index in [2.05, 4.69) is 19.6 Å². The highest BCUT2D eigenvalue weighted by atomic mass is 35.5. The molecule has 0 heterocycles. The quantitative estimate of drug-likeness (QED) is 0.604. The average Bonchev–Trinajstić information content (AvgIpc) is 1.77. The van der Waals surface area contributed by atoms with Crippen molar-refractivity contribution in [1.82, 2.24) is 0 Å². The maximum atomic E-state index is 4.13. The SMILES string of the molecule is Cc1ccc(S)cc1.Cl.O.O. The van der Waals surface area contributed by atoms with Gasteiger partial charge in [0.2, 0.25) is 0 Å². The lowest BCUT2D eigenvalue weighted by Crippen LogP contribution is -1.67. The molecule has 0 amide bonds. The molecule has 0 radical (unpaired) electrons. The van der Waals surface area contributed by atoms with Crippen LogP contribution >= 0.6 is 25.0 Å². The molecule has 0 aliphatic rings. The Kier molecular flexibility index (Phi) is 12.2. The van der Waals surface area contributed by atoms with Crippen LogP contribution in [0.4, 0.5) is 0 Å². The van der Waals surface area contributed by atoms with Gasteiger partial charge in [-0.25, -0.2) is 0 Å². The third-order valence-corrected chi connectivity index (χ3v) is 1.33. The molecule has 0 saturated carbocycles. The third kappa shape index (κ3) is 6.19. The Morgan fingerprint density at radius 3 is 1.64 bits per heavy atom. The van der Waals surface area contributed by atoms with Crippen molar-refractivity contribution in [3.8, 4) is 0 Å². The number of halogens is 1. The summed E-state index contributed by atoms with van der Waals surface area (Å²) in [6.45, 7) is 2.06. The van der Waals surface area contributed by atoms with Crippen molar-refractivity contribution >= 4 is 25.0 Å². The van der Waals surface area contributed by atoms with Gasteiger partial charge in [0.1, 0.15) is 0 Å². The molecule has 0 aromatic heterocycles. The minimum atomic E-state index is 0. The van der Waals surface area contributed by atoms with Gasteiger partial charge in [-0.05, 0) is 19.1 Å². The van der Waals surface area contributed by atoms with Gasteiger partial charge < -0.3 is 11.0 Å². The largest absolute Gasteiger partial charge is 0.412 e. The molecule has 0 bridgehead atoms. The molecule has 1 aromatic rings. The van der Waals surface area contributed by atoms with Crippen LogP contribution in [-0.4, -0.2) is 11.0 Å². The van der Waals surface area contributed by atoms with Gasteiger partial charge in [-0.15, -0.1) is 25.0 Å². The monoisotopic (exact) mass is 196 g/mol. The molecule has 1 aromatic carbocycles. The van der Waals surface area contributed by atoms with Crippen molar-refractivity contribution in [3.05, 3.63) is 29.8 Å². The van der Waals surface area contributed by atoms with Crippen LogP contribution in [0.5, 0.6) is 0 Å². The smallest absolute Gasteiger partial charge is 0.00401 e. The molecule has 0 atom stereocenters. The summed E-state index contributed by atoms with van der Waals surface area (Å²) in [6, 6.07) is 8.06. The summed E-state index contributed by atoms with van der Waals surface area (Å²) in [6.07, 6.45) is 0. The predicted molar refractivity (Wildman–Crippen MR) is 52.9 cm³/mol. The number of benzene rings is 1. The first-order valence-corrected chi connectivity index (χ1v) is 2.99. The van der Waals surface area contributed by atoms with Crippen molar-refractivity contribution in [2.75, 3.05) is 0 Å². The van der Waals surface area contributed by atoms with Gasteiger partial charge in [0.05, 0.1) is 0 Å². The van der Waals surface area contributed by atoms with Crippen LogP contribution in [0.2, 0.25) is 0 Å². The molecular weight excluding hydrogens is 184 g/mol. The van der Waals surface area contributed by atoms with E-state index in [1.54, 1.807) is 0 Å². The van der Waals surface area contributed by atoms with Gasteiger partial charge in [-0.2, -0.15) is 0 Å². The van der Waals surface area contributed by atoms with Crippen LogP contribution in [0, 0.1) is 6.92 Å². The van der Waals surface area contributed by atoms with E-state index in [1.807, 2.05) is 24.3 Å². The third-order valence-electron chi connectivity index (χ3n) is 1.03. The highest BCUT2D eigenvalue weighted by molar-refractivity contribution is 7.80. The highest BCUT2D eigenvalue weighted by Gasteiger charge is 1.80. The first-order chi connectivity index (χ1) is 3.79. The standard InChI is InChI=1S/C7H8S.ClH.2H2O/c1-6-2-4-7(8)5-3-6;;;/h2-5,8H,1H3;1H;2*1H2. The fourth-order valence-corrected chi connectivity index (χ4v) is 0.694. The average molecular weight is 197 g/mol. The van der Waals surface area contributed by atoms with Crippen LogP contribution < -0.4 is 0 Å². The Morgan fingerprint density at radius 2 is 1.36 bits per heavy atom. The van der Waals surface area contributed by atoms with E-state index in [0.29, 0.717) is 0 Å². The fourth-order valence-electron chi connectivity index (χ4n) is 0.545. The summed E-state index contributed by atoms with van der Waals surface area (Å²) < 4.78 is 0. The Balaban J connectivity index is -0.000000213. The van der Waals surface area contributed by atoms with E-state index in [0.717, 1.165) is 4.90 Å². The Bertz CT molecular complexity index is 155. The van der Waals surface area contributed by atoms with Crippen molar-refractivity contribution in [3.63, 3.8) is 0 Å². The first-order valence-electron chi connectivity index (χ1n) is 2.54. The van der Waals surface area contributed by atoms with E-state index in [9.17, 15) is 0 Å². The number of hydrogen-bond donors (Lipinski definition) is 1. The van der Waals surface area contributed by atoms with E-state index in [-0.39, 0.29) is 23.4 Å².